The summed E-state index contributed by atoms with van der Waals surface area (Å²) in [6.07, 6.45) is 0.883. The Morgan fingerprint density at radius 3 is 2.38 bits per heavy atom. The molecule has 0 aliphatic carbocycles. The third kappa shape index (κ3) is 2.61. The Morgan fingerprint density at radius 1 is 1.10 bits per heavy atom. The van der Waals surface area contributed by atoms with Crippen molar-refractivity contribution >= 4 is 16.6 Å². The summed E-state index contributed by atoms with van der Waals surface area (Å²) in [7, 11) is 0. The van der Waals surface area contributed by atoms with Crippen LogP contribution in [0.25, 0.3) is 10.9 Å². The SMILES string of the molecule is CC(C)(C)c1cc(NN)c2cc3c(cc2n1)OCCCO3. The number of hydrogen-bond donors (Lipinski definition) is 2. The van der Waals surface area contributed by atoms with Crippen molar-refractivity contribution in [3.05, 3.63) is 23.9 Å². The lowest BCUT2D eigenvalue weighted by Crippen LogP contribution is -2.16. The summed E-state index contributed by atoms with van der Waals surface area (Å²) < 4.78 is 11.5. The molecule has 1 aliphatic rings. The Kier molecular flexibility index (Phi) is 3.37. The number of nitrogens with zero attached hydrogens (tertiary/aromatic N) is 1. The van der Waals surface area contributed by atoms with Crippen LogP contribution >= 0.6 is 0 Å². The van der Waals surface area contributed by atoms with Crippen LogP contribution in [0, 0.1) is 0 Å². The van der Waals surface area contributed by atoms with E-state index in [0.29, 0.717) is 13.2 Å². The predicted molar refractivity (Wildman–Crippen MR) is 83.9 cm³/mol. The molecular formula is C16H21N3O2. The van der Waals surface area contributed by atoms with Gasteiger partial charge in [0.05, 0.1) is 24.4 Å². The summed E-state index contributed by atoms with van der Waals surface area (Å²) in [4.78, 5) is 4.76. The lowest BCUT2D eigenvalue weighted by molar-refractivity contribution is 0.297. The summed E-state index contributed by atoms with van der Waals surface area (Å²) in [5, 5.41) is 0.940. The first-order chi connectivity index (χ1) is 9.99. The van der Waals surface area contributed by atoms with Crippen molar-refractivity contribution in [2.75, 3.05) is 18.6 Å². The zero-order valence-corrected chi connectivity index (χ0v) is 12.7. The second-order valence-corrected chi connectivity index (χ2v) is 6.32. The van der Waals surface area contributed by atoms with Gasteiger partial charge in [-0.3, -0.25) is 10.8 Å². The lowest BCUT2D eigenvalue weighted by Gasteiger charge is -2.20. The summed E-state index contributed by atoms with van der Waals surface area (Å²) in [6.45, 7) is 7.72. The number of hydrogen-bond acceptors (Lipinski definition) is 5. The maximum Gasteiger partial charge on any atom is 0.163 e. The van der Waals surface area contributed by atoms with Crippen molar-refractivity contribution in [1.29, 1.82) is 0 Å². The minimum Gasteiger partial charge on any atom is -0.490 e. The number of ether oxygens (including phenoxy) is 2. The molecule has 0 bridgehead atoms. The van der Waals surface area contributed by atoms with E-state index in [9.17, 15) is 0 Å². The number of benzene rings is 1. The van der Waals surface area contributed by atoms with Gasteiger partial charge in [-0.05, 0) is 12.1 Å². The molecule has 5 heteroatoms. The Balaban J connectivity index is 2.23. The third-order valence-corrected chi connectivity index (χ3v) is 3.60. The number of pyridine rings is 1. The molecule has 3 N–H and O–H groups in total. The maximum atomic E-state index is 5.74. The maximum absolute atomic E-state index is 5.74. The topological polar surface area (TPSA) is 69.4 Å². The fourth-order valence-corrected chi connectivity index (χ4v) is 2.39. The van der Waals surface area contributed by atoms with Gasteiger partial charge < -0.3 is 14.9 Å². The van der Waals surface area contributed by atoms with Crippen LogP contribution in [-0.4, -0.2) is 18.2 Å². The minimum absolute atomic E-state index is 0.0516. The average Bonchev–Trinajstić information content (AvgIpc) is 2.67. The number of hydrazine groups is 1. The zero-order valence-electron chi connectivity index (χ0n) is 12.7. The van der Waals surface area contributed by atoms with Crippen LogP contribution < -0.4 is 20.7 Å². The van der Waals surface area contributed by atoms with Crippen molar-refractivity contribution in [3.63, 3.8) is 0 Å². The largest absolute Gasteiger partial charge is 0.490 e. The molecule has 0 spiro atoms. The molecule has 0 fully saturated rings. The quantitative estimate of drug-likeness (QED) is 0.623. The molecule has 1 aromatic carbocycles. The smallest absolute Gasteiger partial charge is 0.163 e. The zero-order chi connectivity index (χ0) is 15.0. The van der Waals surface area contributed by atoms with Gasteiger partial charge in [0.1, 0.15) is 0 Å². The van der Waals surface area contributed by atoms with E-state index in [1.54, 1.807) is 0 Å². The van der Waals surface area contributed by atoms with Crippen molar-refractivity contribution < 1.29 is 9.47 Å². The molecule has 3 rings (SSSR count). The van der Waals surface area contributed by atoms with Gasteiger partial charge in [-0.1, -0.05) is 20.8 Å². The number of nitrogen functional groups attached to an aromatic ring is 1. The summed E-state index contributed by atoms with van der Waals surface area (Å²) in [5.74, 6) is 7.19. The van der Waals surface area contributed by atoms with E-state index in [4.69, 9.17) is 20.3 Å². The van der Waals surface area contributed by atoms with Gasteiger partial charge in [-0.15, -0.1) is 0 Å². The van der Waals surface area contributed by atoms with Gasteiger partial charge in [0, 0.05) is 29.0 Å². The van der Waals surface area contributed by atoms with Crippen LogP contribution in [-0.2, 0) is 5.41 Å². The van der Waals surface area contributed by atoms with Crippen molar-refractivity contribution in [3.8, 4) is 11.5 Å². The van der Waals surface area contributed by atoms with E-state index in [2.05, 4.69) is 26.2 Å². The highest BCUT2D eigenvalue weighted by atomic mass is 16.5. The second kappa shape index (κ2) is 5.07. The molecule has 2 aromatic rings. The van der Waals surface area contributed by atoms with Crippen LogP contribution in [0.5, 0.6) is 11.5 Å². The summed E-state index contributed by atoms with van der Waals surface area (Å²) in [5.41, 5.74) is 5.41. The minimum atomic E-state index is -0.0516. The molecule has 0 saturated carbocycles. The van der Waals surface area contributed by atoms with Crippen molar-refractivity contribution in [1.82, 2.24) is 4.98 Å². The number of fused-ring (bicyclic) bond motifs is 2. The van der Waals surface area contributed by atoms with E-state index < -0.39 is 0 Å². The number of aromatic nitrogens is 1. The molecule has 2 heterocycles. The normalized spacial score (nSPS) is 14.9. The molecule has 5 nitrogen and oxygen atoms in total. The average molecular weight is 287 g/mol. The highest BCUT2D eigenvalue weighted by Crippen LogP contribution is 2.37. The van der Waals surface area contributed by atoms with Crippen LogP contribution in [0.3, 0.4) is 0 Å². The van der Waals surface area contributed by atoms with Gasteiger partial charge in [-0.25, -0.2) is 0 Å². The number of rotatable bonds is 1. The predicted octanol–water partition coefficient (Wildman–Crippen LogP) is 2.98. The standard InChI is InChI=1S/C16H21N3O2/c1-16(2,3)15-9-12(19-17)10-7-13-14(8-11(10)18-15)21-6-4-5-20-13/h7-9H,4-6,17H2,1-3H3,(H,18,19). The van der Waals surface area contributed by atoms with E-state index in [1.807, 2.05) is 18.2 Å². The van der Waals surface area contributed by atoms with E-state index >= 15 is 0 Å². The number of nitrogens with one attached hydrogen (secondary N) is 1. The van der Waals surface area contributed by atoms with Crippen LogP contribution in [0.2, 0.25) is 0 Å². The summed E-state index contributed by atoms with van der Waals surface area (Å²) >= 11 is 0. The van der Waals surface area contributed by atoms with Crippen LogP contribution in [0.1, 0.15) is 32.9 Å². The Hall–Kier alpha value is -2.01. The fourth-order valence-electron chi connectivity index (χ4n) is 2.39. The molecular weight excluding hydrogens is 266 g/mol. The van der Waals surface area contributed by atoms with Crippen LogP contribution in [0.4, 0.5) is 5.69 Å². The van der Waals surface area contributed by atoms with Crippen molar-refractivity contribution in [2.45, 2.75) is 32.6 Å². The number of anilines is 1. The fraction of sp³-hybridized carbons (Fsp3) is 0.438. The first-order valence-electron chi connectivity index (χ1n) is 7.20. The molecule has 1 aliphatic heterocycles. The summed E-state index contributed by atoms with van der Waals surface area (Å²) in [6, 6.07) is 5.88. The highest BCUT2D eigenvalue weighted by molar-refractivity contribution is 5.93. The molecule has 0 radical (unpaired) electrons. The Labute approximate surface area is 124 Å². The first-order valence-corrected chi connectivity index (χ1v) is 7.20. The molecule has 0 unspecified atom stereocenters. The molecule has 21 heavy (non-hydrogen) atoms. The van der Waals surface area contributed by atoms with Gasteiger partial charge in [0.15, 0.2) is 11.5 Å². The van der Waals surface area contributed by atoms with E-state index in [0.717, 1.165) is 40.2 Å². The van der Waals surface area contributed by atoms with Gasteiger partial charge in [0.25, 0.3) is 0 Å². The van der Waals surface area contributed by atoms with Crippen LogP contribution in [0.15, 0.2) is 18.2 Å². The molecule has 0 amide bonds. The molecule has 1 aromatic heterocycles. The van der Waals surface area contributed by atoms with Gasteiger partial charge in [-0.2, -0.15) is 0 Å². The van der Waals surface area contributed by atoms with E-state index in [1.165, 1.54) is 0 Å². The Bertz CT molecular complexity index is 677. The monoisotopic (exact) mass is 287 g/mol. The molecule has 0 saturated heterocycles. The second-order valence-electron chi connectivity index (χ2n) is 6.32. The van der Waals surface area contributed by atoms with Gasteiger partial charge >= 0.3 is 0 Å². The number of nitrogens with two attached hydrogens (primary N) is 1. The Morgan fingerprint density at radius 2 is 1.76 bits per heavy atom. The van der Waals surface area contributed by atoms with Gasteiger partial charge in [0.2, 0.25) is 0 Å². The molecule has 112 valence electrons. The lowest BCUT2D eigenvalue weighted by atomic mass is 9.90. The third-order valence-electron chi connectivity index (χ3n) is 3.60. The molecule has 0 atom stereocenters. The van der Waals surface area contributed by atoms with Crippen molar-refractivity contribution in [2.24, 2.45) is 5.84 Å². The highest BCUT2D eigenvalue weighted by Gasteiger charge is 2.20. The van der Waals surface area contributed by atoms with E-state index in [-0.39, 0.29) is 5.41 Å². The first kappa shape index (κ1) is 13.9.